The molecule has 0 radical (unpaired) electrons. The molecular weight excluding hydrogens is 506 g/mol. The maximum atomic E-state index is 13.0. The molecule has 0 aromatic heterocycles. The van der Waals surface area contributed by atoms with Gasteiger partial charge in [0.2, 0.25) is 11.8 Å². The molecule has 0 saturated heterocycles. The number of carbonyl (C=O) groups is 3. The SMILES string of the molecule is CCCCCCCCCCN(CCCCCCCCCC)C(=O)CCNC(=O)CCN(CCO)CCCC(=O)O. The largest absolute Gasteiger partial charge is 0.481 e. The van der Waals surface area contributed by atoms with Crippen LogP contribution in [-0.2, 0) is 14.4 Å². The number of carboxylic acids is 1. The molecular formula is C32H63N3O5. The summed E-state index contributed by atoms with van der Waals surface area (Å²) in [5.41, 5.74) is 0. The van der Waals surface area contributed by atoms with E-state index in [4.69, 9.17) is 5.11 Å². The second-order valence-corrected chi connectivity index (χ2v) is 11.2. The number of aliphatic carboxylic acids is 1. The monoisotopic (exact) mass is 569 g/mol. The first-order valence-corrected chi connectivity index (χ1v) is 16.5. The van der Waals surface area contributed by atoms with E-state index < -0.39 is 5.97 Å². The molecule has 0 aliphatic carbocycles. The van der Waals surface area contributed by atoms with Gasteiger partial charge >= 0.3 is 5.97 Å². The Hall–Kier alpha value is -1.67. The molecule has 3 N–H and O–H groups in total. The maximum absolute atomic E-state index is 13.0. The lowest BCUT2D eigenvalue weighted by Gasteiger charge is -2.23. The smallest absolute Gasteiger partial charge is 0.303 e. The van der Waals surface area contributed by atoms with Crippen LogP contribution >= 0.6 is 0 Å². The highest BCUT2D eigenvalue weighted by Gasteiger charge is 2.14. The van der Waals surface area contributed by atoms with Crippen molar-refractivity contribution in [1.82, 2.24) is 15.1 Å². The summed E-state index contributed by atoms with van der Waals surface area (Å²) in [6.07, 6.45) is 21.1. The standard InChI is InChI=1S/C32H63N3O5/c1-3-5-7-9-11-13-15-17-25-35(26-18-16-14-12-10-8-6-4-2)31(38)21-23-33-30(37)22-27-34(28-29-36)24-19-20-32(39)40/h36H,3-29H2,1-2H3,(H,33,37)(H,39,40). The lowest BCUT2D eigenvalue weighted by molar-refractivity contribution is -0.137. The van der Waals surface area contributed by atoms with Gasteiger partial charge in [0.15, 0.2) is 0 Å². The number of carbonyl (C=O) groups excluding carboxylic acids is 2. The predicted molar refractivity (Wildman–Crippen MR) is 164 cm³/mol. The Morgan fingerprint density at radius 3 is 1.55 bits per heavy atom. The van der Waals surface area contributed by atoms with Gasteiger partial charge in [-0.15, -0.1) is 0 Å². The average molecular weight is 570 g/mol. The molecule has 0 aromatic carbocycles. The number of nitrogens with one attached hydrogen (secondary N) is 1. The molecule has 0 heterocycles. The minimum atomic E-state index is -0.842. The Morgan fingerprint density at radius 1 is 0.575 bits per heavy atom. The molecule has 236 valence electrons. The van der Waals surface area contributed by atoms with Gasteiger partial charge < -0.3 is 25.3 Å². The lowest BCUT2D eigenvalue weighted by Crippen LogP contribution is -2.37. The third-order valence-corrected chi connectivity index (χ3v) is 7.51. The molecule has 0 aromatic rings. The van der Waals surface area contributed by atoms with Crippen LogP contribution in [0.3, 0.4) is 0 Å². The number of nitrogens with zero attached hydrogens (tertiary/aromatic N) is 2. The summed E-state index contributed by atoms with van der Waals surface area (Å²) in [5.74, 6) is -0.835. The van der Waals surface area contributed by atoms with Crippen LogP contribution in [0, 0.1) is 0 Å². The van der Waals surface area contributed by atoms with Crippen LogP contribution in [0.1, 0.15) is 142 Å². The van der Waals surface area contributed by atoms with Crippen molar-refractivity contribution >= 4 is 17.8 Å². The van der Waals surface area contributed by atoms with Crippen molar-refractivity contribution in [2.75, 3.05) is 45.9 Å². The summed E-state index contributed by atoms with van der Waals surface area (Å²) >= 11 is 0. The molecule has 8 heteroatoms. The molecule has 0 atom stereocenters. The number of hydrogen-bond donors (Lipinski definition) is 3. The van der Waals surface area contributed by atoms with Crippen molar-refractivity contribution in [3.8, 4) is 0 Å². The van der Waals surface area contributed by atoms with Crippen LogP contribution in [0.5, 0.6) is 0 Å². The van der Waals surface area contributed by atoms with E-state index in [1.807, 2.05) is 9.80 Å². The van der Waals surface area contributed by atoms with Crippen molar-refractivity contribution in [1.29, 1.82) is 0 Å². The van der Waals surface area contributed by atoms with Crippen LogP contribution in [0.15, 0.2) is 0 Å². The second kappa shape index (κ2) is 28.8. The van der Waals surface area contributed by atoms with Crippen molar-refractivity contribution < 1.29 is 24.6 Å². The zero-order chi connectivity index (χ0) is 29.7. The van der Waals surface area contributed by atoms with Crippen molar-refractivity contribution in [2.45, 2.75) is 142 Å². The van der Waals surface area contributed by atoms with Gasteiger partial charge in [-0.1, -0.05) is 104 Å². The number of aliphatic hydroxyl groups is 1. The van der Waals surface area contributed by atoms with Gasteiger partial charge in [-0.2, -0.15) is 0 Å². The lowest BCUT2D eigenvalue weighted by atomic mass is 10.1. The normalized spacial score (nSPS) is 11.2. The van der Waals surface area contributed by atoms with E-state index in [2.05, 4.69) is 19.2 Å². The number of carboxylic acid groups (broad SMARTS) is 1. The Bertz CT molecular complexity index is 597. The van der Waals surface area contributed by atoms with Crippen molar-refractivity contribution in [2.24, 2.45) is 0 Å². The van der Waals surface area contributed by atoms with Crippen LogP contribution in [0.2, 0.25) is 0 Å². The fourth-order valence-corrected chi connectivity index (χ4v) is 4.98. The van der Waals surface area contributed by atoms with Gasteiger partial charge in [0.1, 0.15) is 0 Å². The molecule has 0 aliphatic rings. The van der Waals surface area contributed by atoms with Gasteiger partial charge in [-0.3, -0.25) is 14.4 Å². The highest BCUT2D eigenvalue weighted by atomic mass is 16.4. The molecule has 2 amide bonds. The zero-order valence-electron chi connectivity index (χ0n) is 26.1. The average Bonchev–Trinajstić information content (AvgIpc) is 2.93. The van der Waals surface area contributed by atoms with Crippen molar-refractivity contribution in [3.63, 3.8) is 0 Å². The molecule has 0 saturated carbocycles. The van der Waals surface area contributed by atoms with Crippen LogP contribution in [0.25, 0.3) is 0 Å². The Labute approximate surface area is 245 Å². The van der Waals surface area contributed by atoms with E-state index in [0.29, 0.717) is 39.0 Å². The summed E-state index contributed by atoms with van der Waals surface area (Å²) in [7, 11) is 0. The predicted octanol–water partition coefficient (Wildman–Crippen LogP) is 6.15. The maximum Gasteiger partial charge on any atom is 0.303 e. The summed E-state index contributed by atoms with van der Waals surface area (Å²) in [4.78, 5) is 40.0. The van der Waals surface area contributed by atoms with Crippen molar-refractivity contribution in [3.05, 3.63) is 0 Å². The van der Waals surface area contributed by atoms with E-state index in [1.54, 1.807) is 0 Å². The van der Waals surface area contributed by atoms with Crippen LogP contribution < -0.4 is 5.32 Å². The highest BCUT2D eigenvalue weighted by molar-refractivity contribution is 5.79. The van der Waals surface area contributed by atoms with Gasteiger partial charge in [-0.25, -0.2) is 0 Å². The zero-order valence-corrected chi connectivity index (χ0v) is 26.1. The molecule has 0 rings (SSSR count). The molecule has 0 aliphatic heterocycles. The van der Waals surface area contributed by atoms with E-state index in [0.717, 1.165) is 25.9 Å². The van der Waals surface area contributed by atoms with Gasteiger partial charge in [0.25, 0.3) is 0 Å². The number of aliphatic hydroxyl groups excluding tert-OH is 1. The van der Waals surface area contributed by atoms with Gasteiger partial charge in [0, 0.05) is 52.0 Å². The Balaban J connectivity index is 4.41. The number of rotatable bonds is 30. The number of amides is 2. The van der Waals surface area contributed by atoms with E-state index in [-0.39, 0.29) is 31.3 Å². The first-order chi connectivity index (χ1) is 19.4. The molecule has 0 unspecified atom stereocenters. The minimum absolute atomic E-state index is 0.0310. The topological polar surface area (TPSA) is 110 Å². The molecule has 0 spiro atoms. The second-order valence-electron chi connectivity index (χ2n) is 11.2. The van der Waals surface area contributed by atoms with Gasteiger partial charge in [-0.05, 0) is 25.8 Å². The van der Waals surface area contributed by atoms with E-state index in [1.165, 1.54) is 89.9 Å². The molecule has 40 heavy (non-hydrogen) atoms. The quantitative estimate of drug-likeness (QED) is 0.0895. The Morgan fingerprint density at radius 2 is 1.07 bits per heavy atom. The van der Waals surface area contributed by atoms with Gasteiger partial charge in [0.05, 0.1) is 6.61 Å². The number of hydrogen-bond acceptors (Lipinski definition) is 5. The molecule has 0 bridgehead atoms. The van der Waals surface area contributed by atoms with E-state index in [9.17, 15) is 19.5 Å². The number of unbranched alkanes of at least 4 members (excludes halogenated alkanes) is 14. The minimum Gasteiger partial charge on any atom is -0.481 e. The third kappa shape index (κ3) is 25.3. The summed E-state index contributed by atoms with van der Waals surface area (Å²) in [6.45, 7) is 7.81. The summed E-state index contributed by atoms with van der Waals surface area (Å²) in [6, 6.07) is 0. The van der Waals surface area contributed by atoms with E-state index >= 15 is 0 Å². The van der Waals surface area contributed by atoms with Crippen LogP contribution in [0.4, 0.5) is 0 Å². The summed E-state index contributed by atoms with van der Waals surface area (Å²) in [5, 5.41) is 20.9. The third-order valence-electron chi connectivity index (χ3n) is 7.51. The first-order valence-electron chi connectivity index (χ1n) is 16.5. The Kier molecular flexibility index (Phi) is 27.6. The molecule has 0 fully saturated rings. The first kappa shape index (κ1) is 38.3. The summed E-state index contributed by atoms with van der Waals surface area (Å²) < 4.78 is 0. The fourth-order valence-electron chi connectivity index (χ4n) is 4.98. The van der Waals surface area contributed by atoms with Crippen LogP contribution in [-0.4, -0.2) is 83.7 Å². The molecule has 8 nitrogen and oxygen atoms in total. The fraction of sp³-hybridized carbons (Fsp3) is 0.906. The highest BCUT2D eigenvalue weighted by Crippen LogP contribution is 2.12.